The molecule has 1 aromatic rings. The smallest absolute Gasteiger partial charge is 0.0604 e. The summed E-state index contributed by atoms with van der Waals surface area (Å²) in [4.78, 5) is 2.27. The van der Waals surface area contributed by atoms with Crippen molar-refractivity contribution in [2.24, 2.45) is 0 Å². The van der Waals surface area contributed by atoms with Crippen LogP contribution in [-0.4, -0.2) is 29.2 Å². The van der Waals surface area contributed by atoms with E-state index in [1.165, 1.54) is 5.56 Å². The van der Waals surface area contributed by atoms with Crippen molar-refractivity contribution in [2.45, 2.75) is 25.0 Å². The number of rotatable bonds is 2. The predicted octanol–water partition coefficient (Wildman–Crippen LogP) is 1.82. The number of hydrogen-bond acceptors (Lipinski definition) is 2. The normalized spacial score (nSPS) is 26.2. The molecule has 0 bridgehead atoms. The van der Waals surface area contributed by atoms with E-state index in [1.54, 1.807) is 0 Å². The fourth-order valence-electron chi connectivity index (χ4n) is 2.32. The maximum Gasteiger partial charge on any atom is 0.0604 e. The molecule has 1 saturated heterocycles. The van der Waals surface area contributed by atoms with Crippen molar-refractivity contribution in [1.82, 2.24) is 4.90 Å². The Bertz CT molecular complexity index is 368. The first-order valence-electron chi connectivity index (χ1n) is 5.72. The first kappa shape index (κ1) is 11.2. The van der Waals surface area contributed by atoms with Crippen LogP contribution >= 0.6 is 0 Å². The molecule has 84 valence electrons. The van der Waals surface area contributed by atoms with Gasteiger partial charge in [-0.25, -0.2) is 0 Å². The number of aliphatic hydroxyl groups excluding tert-OH is 1. The summed E-state index contributed by atoms with van der Waals surface area (Å²) in [6, 6.07) is 10.5. The van der Waals surface area contributed by atoms with Crippen LogP contribution in [0.15, 0.2) is 30.3 Å². The van der Waals surface area contributed by atoms with Crippen LogP contribution < -0.4 is 0 Å². The van der Waals surface area contributed by atoms with Crippen LogP contribution in [0.2, 0.25) is 0 Å². The minimum absolute atomic E-state index is 0.195. The minimum Gasteiger partial charge on any atom is -0.393 e. The van der Waals surface area contributed by atoms with E-state index in [2.05, 4.69) is 23.0 Å². The van der Waals surface area contributed by atoms with Crippen molar-refractivity contribution in [3.63, 3.8) is 0 Å². The van der Waals surface area contributed by atoms with E-state index >= 15 is 0 Å². The Kier molecular flexibility index (Phi) is 3.61. The topological polar surface area (TPSA) is 23.5 Å². The van der Waals surface area contributed by atoms with E-state index in [9.17, 15) is 5.11 Å². The van der Waals surface area contributed by atoms with Gasteiger partial charge in [0, 0.05) is 12.6 Å². The molecule has 1 heterocycles. The first-order valence-corrected chi connectivity index (χ1v) is 5.72. The van der Waals surface area contributed by atoms with Crippen molar-refractivity contribution < 1.29 is 5.11 Å². The van der Waals surface area contributed by atoms with Crippen molar-refractivity contribution in [2.75, 3.05) is 13.1 Å². The van der Waals surface area contributed by atoms with Gasteiger partial charge in [0.25, 0.3) is 0 Å². The number of terminal acetylenes is 1. The number of likely N-dealkylation sites (tertiary alicyclic amines) is 1. The van der Waals surface area contributed by atoms with Crippen molar-refractivity contribution in [3.05, 3.63) is 35.9 Å². The Morgan fingerprint density at radius 1 is 1.38 bits per heavy atom. The summed E-state index contributed by atoms with van der Waals surface area (Å²) >= 11 is 0. The molecule has 16 heavy (non-hydrogen) atoms. The Morgan fingerprint density at radius 3 is 2.81 bits per heavy atom. The third-order valence-electron chi connectivity index (χ3n) is 3.16. The van der Waals surface area contributed by atoms with Crippen LogP contribution in [0, 0.1) is 12.3 Å². The van der Waals surface area contributed by atoms with Gasteiger partial charge in [-0.1, -0.05) is 36.3 Å². The number of aliphatic hydroxyl groups is 1. The second kappa shape index (κ2) is 5.16. The zero-order chi connectivity index (χ0) is 11.4. The van der Waals surface area contributed by atoms with Crippen LogP contribution in [0.1, 0.15) is 24.4 Å². The van der Waals surface area contributed by atoms with Gasteiger partial charge in [-0.15, -0.1) is 6.42 Å². The van der Waals surface area contributed by atoms with Crippen molar-refractivity contribution in [3.8, 4) is 12.3 Å². The van der Waals surface area contributed by atoms with Crippen LogP contribution in [0.4, 0.5) is 0 Å². The number of benzene rings is 1. The molecule has 0 aliphatic carbocycles. The molecule has 0 amide bonds. The lowest BCUT2D eigenvalue weighted by molar-refractivity contribution is 0.0484. The Morgan fingerprint density at radius 2 is 2.12 bits per heavy atom. The van der Waals surface area contributed by atoms with Gasteiger partial charge in [0.05, 0.1) is 12.6 Å². The summed E-state index contributed by atoms with van der Waals surface area (Å²) in [6.07, 6.45) is 6.79. The molecule has 1 fully saturated rings. The largest absolute Gasteiger partial charge is 0.393 e. The molecular formula is C14H17NO. The summed E-state index contributed by atoms with van der Waals surface area (Å²) in [5.41, 5.74) is 1.25. The zero-order valence-corrected chi connectivity index (χ0v) is 9.34. The van der Waals surface area contributed by atoms with Gasteiger partial charge in [-0.2, -0.15) is 0 Å². The molecule has 0 saturated carbocycles. The van der Waals surface area contributed by atoms with Crippen LogP contribution in [0.5, 0.6) is 0 Å². The molecule has 2 rings (SSSR count). The molecule has 2 nitrogen and oxygen atoms in total. The molecule has 0 spiro atoms. The monoisotopic (exact) mass is 215 g/mol. The Hall–Kier alpha value is -1.30. The van der Waals surface area contributed by atoms with E-state index in [0.29, 0.717) is 6.54 Å². The average molecular weight is 215 g/mol. The second-order valence-corrected chi connectivity index (χ2v) is 4.28. The lowest BCUT2D eigenvalue weighted by Gasteiger charge is -2.37. The maximum atomic E-state index is 9.75. The summed E-state index contributed by atoms with van der Waals surface area (Å²) < 4.78 is 0. The highest BCUT2D eigenvalue weighted by Crippen LogP contribution is 2.30. The Balaban J connectivity index is 2.18. The van der Waals surface area contributed by atoms with Gasteiger partial charge >= 0.3 is 0 Å². The van der Waals surface area contributed by atoms with E-state index in [-0.39, 0.29) is 12.1 Å². The fourth-order valence-corrected chi connectivity index (χ4v) is 2.32. The third-order valence-corrected chi connectivity index (χ3v) is 3.16. The molecular weight excluding hydrogens is 198 g/mol. The first-order chi connectivity index (χ1) is 7.81. The second-order valence-electron chi connectivity index (χ2n) is 4.28. The summed E-state index contributed by atoms with van der Waals surface area (Å²) in [5.74, 6) is 2.70. The van der Waals surface area contributed by atoms with Gasteiger partial charge < -0.3 is 5.11 Å². The van der Waals surface area contributed by atoms with E-state index in [0.717, 1.165) is 19.4 Å². The van der Waals surface area contributed by atoms with Crippen molar-refractivity contribution in [1.29, 1.82) is 0 Å². The zero-order valence-electron chi connectivity index (χ0n) is 9.34. The summed E-state index contributed by atoms with van der Waals surface area (Å²) in [5, 5.41) is 9.75. The molecule has 2 atom stereocenters. The number of hydrogen-bond donors (Lipinski definition) is 1. The highest BCUT2D eigenvalue weighted by Gasteiger charge is 2.27. The van der Waals surface area contributed by atoms with Gasteiger partial charge in [0.15, 0.2) is 0 Å². The van der Waals surface area contributed by atoms with E-state index in [1.807, 2.05) is 18.2 Å². The van der Waals surface area contributed by atoms with Crippen molar-refractivity contribution >= 4 is 0 Å². The van der Waals surface area contributed by atoms with Gasteiger partial charge in [-0.3, -0.25) is 4.90 Å². The molecule has 1 N–H and O–H groups in total. The van der Waals surface area contributed by atoms with Gasteiger partial charge in [0.1, 0.15) is 0 Å². The number of piperidine rings is 1. The van der Waals surface area contributed by atoms with Crippen LogP contribution in [-0.2, 0) is 0 Å². The SMILES string of the molecule is C#CCN1CCC(O)CC1c1ccccc1. The third kappa shape index (κ3) is 2.44. The maximum absolute atomic E-state index is 9.75. The molecule has 1 aromatic carbocycles. The van der Waals surface area contributed by atoms with Gasteiger partial charge in [-0.05, 0) is 18.4 Å². The predicted molar refractivity (Wildman–Crippen MR) is 64.8 cm³/mol. The van der Waals surface area contributed by atoms with E-state index < -0.39 is 0 Å². The fraction of sp³-hybridized carbons (Fsp3) is 0.429. The standard InChI is InChI=1S/C14H17NO/c1-2-9-15-10-8-13(16)11-14(15)12-6-4-3-5-7-12/h1,3-7,13-14,16H,8-11H2. The minimum atomic E-state index is -0.195. The summed E-state index contributed by atoms with van der Waals surface area (Å²) in [6.45, 7) is 1.54. The molecule has 0 aromatic heterocycles. The molecule has 0 radical (unpaired) electrons. The van der Waals surface area contributed by atoms with Crippen LogP contribution in [0.3, 0.4) is 0 Å². The molecule has 2 unspecified atom stereocenters. The van der Waals surface area contributed by atoms with Gasteiger partial charge in [0.2, 0.25) is 0 Å². The lowest BCUT2D eigenvalue weighted by atomic mass is 9.93. The lowest BCUT2D eigenvalue weighted by Crippen LogP contribution is -2.38. The summed E-state index contributed by atoms with van der Waals surface area (Å²) in [7, 11) is 0. The molecule has 1 aliphatic heterocycles. The highest BCUT2D eigenvalue weighted by molar-refractivity contribution is 5.20. The van der Waals surface area contributed by atoms with Crippen LogP contribution in [0.25, 0.3) is 0 Å². The Labute approximate surface area is 96.9 Å². The van der Waals surface area contributed by atoms with E-state index in [4.69, 9.17) is 6.42 Å². The molecule has 1 aliphatic rings. The highest BCUT2D eigenvalue weighted by atomic mass is 16.3. The number of nitrogens with zero attached hydrogens (tertiary/aromatic N) is 1. The quantitative estimate of drug-likeness (QED) is 0.761. The molecule has 2 heteroatoms. The average Bonchev–Trinajstić information content (AvgIpc) is 2.33.